The lowest BCUT2D eigenvalue weighted by atomic mass is 10.2. The topological polar surface area (TPSA) is 74.8 Å². The van der Waals surface area contributed by atoms with Gasteiger partial charge in [-0.1, -0.05) is 11.6 Å². The molecule has 0 fully saturated rings. The van der Waals surface area contributed by atoms with Crippen molar-refractivity contribution in [3.8, 4) is 0 Å². The Morgan fingerprint density at radius 1 is 0.714 bits per heavy atom. The Labute approximate surface area is 123 Å². The summed E-state index contributed by atoms with van der Waals surface area (Å²) in [6.45, 7) is 0. The molecule has 0 aromatic heterocycles. The molecule has 0 saturated carbocycles. The van der Waals surface area contributed by atoms with Crippen LogP contribution in [0.5, 0.6) is 0 Å². The highest BCUT2D eigenvalue weighted by Crippen LogP contribution is 2.32. The van der Waals surface area contributed by atoms with Crippen LogP contribution < -0.4 is 9.80 Å². The number of carbonyl (C=O) groups is 4. The van der Waals surface area contributed by atoms with E-state index in [-0.39, 0.29) is 16.4 Å². The molecule has 2 aliphatic rings. The van der Waals surface area contributed by atoms with E-state index in [4.69, 9.17) is 11.6 Å². The maximum Gasteiger partial charge on any atom is 0.258 e. The summed E-state index contributed by atoms with van der Waals surface area (Å²) in [6.07, 6.45) is 4.59. The molecule has 1 aromatic carbocycles. The van der Waals surface area contributed by atoms with Gasteiger partial charge in [-0.2, -0.15) is 0 Å². The van der Waals surface area contributed by atoms with E-state index in [1.54, 1.807) is 0 Å². The molecule has 1 aromatic rings. The highest BCUT2D eigenvalue weighted by atomic mass is 35.5. The molecule has 0 spiro atoms. The molecule has 4 amide bonds. The first kappa shape index (κ1) is 13.3. The van der Waals surface area contributed by atoms with E-state index in [1.807, 2.05) is 0 Å². The molecule has 2 aliphatic heterocycles. The zero-order valence-electron chi connectivity index (χ0n) is 10.4. The van der Waals surface area contributed by atoms with Crippen LogP contribution in [0.25, 0.3) is 0 Å². The van der Waals surface area contributed by atoms with Gasteiger partial charge in [0.1, 0.15) is 0 Å². The fourth-order valence-corrected chi connectivity index (χ4v) is 2.37. The molecular formula is C14H7ClN2O4. The molecule has 0 radical (unpaired) electrons. The van der Waals surface area contributed by atoms with Gasteiger partial charge in [0, 0.05) is 24.3 Å². The van der Waals surface area contributed by atoms with Crippen LogP contribution in [-0.4, -0.2) is 23.6 Å². The minimum absolute atomic E-state index is 0.0883. The standard InChI is InChI=1S/C14H7ClN2O4/c15-9-7-8(16-11(18)3-4-12(16)19)1-2-10(9)17-13(20)5-6-14(17)21/h1-7H. The first-order valence-corrected chi connectivity index (χ1v) is 6.28. The molecule has 104 valence electrons. The SMILES string of the molecule is O=C1C=CC(=O)N1c1ccc(N2C(=O)C=CC2=O)c(Cl)c1. The van der Waals surface area contributed by atoms with E-state index in [2.05, 4.69) is 0 Å². The number of imide groups is 2. The molecule has 21 heavy (non-hydrogen) atoms. The number of hydrogen-bond donors (Lipinski definition) is 0. The second-order valence-corrected chi connectivity index (χ2v) is 4.73. The second kappa shape index (κ2) is 4.68. The fraction of sp³-hybridized carbons (Fsp3) is 0. The lowest BCUT2D eigenvalue weighted by Crippen LogP contribution is -2.31. The van der Waals surface area contributed by atoms with Crippen LogP contribution >= 0.6 is 11.6 Å². The summed E-state index contributed by atoms with van der Waals surface area (Å²) in [4.78, 5) is 48.3. The third-order valence-corrected chi connectivity index (χ3v) is 3.35. The minimum Gasteiger partial charge on any atom is -0.269 e. The molecule has 0 bridgehead atoms. The minimum atomic E-state index is -0.496. The van der Waals surface area contributed by atoms with E-state index in [1.165, 1.54) is 18.2 Å². The second-order valence-electron chi connectivity index (χ2n) is 4.33. The molecule has 0 unspecified atom stereocenters. The Kier molecular flexibility index (Phi) is 2.95. The number of rotatable bonds is 2. The van der Waals surface area contributed by atoms with Crippen molar-refractivity contribution in [3.63, 3.8) is 0 Å². The van der Waals surface area contributed by atoms with Gasteiger partial charge in [0.2, 0.25) is 0 Å². The number of carbonyl (C=O) groups excluding carboxylic acids is 4. The maximum absolute atomic E-state index is 11.6. The summed E-state index contributed by atoms with van der Waals surface area (Å²) in [5, 5.41) is 0.0883. The Balaban J connectivity index is 1.98. The summed E-state index contributed by atoms with van der Waals surface area (Å²) in [6, 6.07) is 4.22. The van der Waals surface area contributed by atoms with Gasteiger partial charge in [0.25, 0.3) is 23.6 Å². The highest BCUT2D eigenvalue weighted by molar-refractivity contribution is 6.38. The van der Waals surface area contributed by atoms with Gasteiger partial charge in [-0.25, -0.2) is 9.80 Å². The average molecular weight is 303 g/mol. The monoisotopic (exact) mass is 302 g/mol. The molecule has 0 N–H and O–H groups in total. The number of halogens is 1. The van der Waals surface area contributed by atoms with Crippen LogP contribution in [0.1, 0.15) is 0 Å². The molecule has 0 aliphatic carbocycles. The predicted octanol–water partition coefficient (Wildman–Crippen LogP) is 1.20. The summed E-state index contributed by atoms with van der Waals surface area (Å²) in [5.74, 6) is -1.94. The van der Waals surface area contributed by atoms with Gasteiger partial charge in [-0.15, -0.1) is 0 Å². The summed E-state index contributed by atoms with van der Waals surface area (Å²) >= 11 is 6.07. The lowest BCUT2D eigenvalue weighted by molar-refractivity contribution is -0.121. The van der Waals surface area contributed by atoms with Gasteiger partial charge in [-0.05, 0) is 18.2 Å². The number of anilines is 2. The van der Waals surface area contributed by atoms with Crippen LogP contribution in [0, 0.1) is 0 Å². The van der Waals surface area contributed by atoms with Crippen LogP contribution in [0.3, 0.4) is 0 Å². The van der Waals surface area contributed by atoms with Gasteiger partial charge in [0.05, 0.1) is 16.4 Å². The molecule has 7 heteroatoms. The maximum atomic E-state index is 11.6. The predicted molar refractivity (Wildman–Crippen MR) is 74.7 cm³/mol. The first-order chi connectivity index (χ1) is 9.99. The number of amides is 4. The third kappa shape index (κ3) is 2.05. The van der Waals surface area contributed by atoms with E-state index < -0.39 is 23.6 Å². The Morgan fingerprint density at radius 3 is 1.67 bits per heavy atom. The Bertz CT molecular complexity index is 730. The van der Waals surface area contributed by atoms with Crippen LogP contribution in [0.4, 0.5) is 11.4 Å². The largest absolute Gasteiger partial charge is 0.269 e. The van der Waals surface area contributed by atoms with E-state index in [0.717, 1.165) is 34.1 Å². The van der Waals surface area contributed by atoms with E-state index >= 15 is 0 Å². The van der Waals surface area contributed by atoms with Crippen molar-refractivity contribution in [3.05, 3.63) is 47.5 Å². The number of benzene rings is 1. The van der Waals surface area contributed by atoms with Crippen LogP contribution in [0.2, 0.25) is 5.02 Å². The molecular weight excluding hydrogens is 296 g/mol. The van der Waals surface area contributed by atoms with Gasteiger partial charge < -0.3 is 0 Å². The first-order valence-electron chi connectivity index (χ1n) is 5.91. The van der Waals surface area contributed by atoms with E-state index in [9.17, 15) is 19.2 Å². The molecule has 3 rings (SSSR count). The quantitative estimate of drug-likeness (QED) is 0.769. The highest BCUT2D eigenvalue weighted by Gasteiger charge is 2.29. The van der Waals surface area contributed by atoms with Gasteiger partial charge >= 0.3 is 0 Å². The molecule has 0 atom stereocenters. The van der Waals surface area contributed by atoms with Crippen LogP contribution in [-0.2, 0) is 19.2 Å². The van der Waals surface area contributed by atoms with Gasteiger partial charge in [-0.3, -0.25) is 19.2 Å². The molecule has 2 heterocycles. The van der Waals surface area contributed by atoms with Crippen molar-refractivity contribution >= 4 is 46.6 Å². The summed E-state index contributed by atoms with van der Waals surface area (Å²) in [5.41, 5.74) is 0.475. The van der Waals surface area contributed by atoms with Crippen molar-refractivity contribution in [2.45, 2.75) is 0 Å². The molecule has 0 saturated heterocycles. The molecule has 6 nitrogen and oxygen atoms in total. The van der Waals surface area contributed by atoms with Crippen molar-refractivity contribution in [2.75, 3.05) is 9.80 Å². The van der Waals surface area contributed by atoms with E-state index in [0.29, 0.717) is 0 Å². The van der Waals surface area contributed by atoms with Crippen LogP contribution in [0.15, 0.2) is 42.5 Å². The van der Waals surface area contributed by atoms with Crippen molar-refractivity contribution in [2.24, 2.45) is 0 Å². The summed E-state index contributed by atoms with van der Waals surface area (Å²) < 4.78 is 0. The van der Waals surface area contributed by atoms with Crippen molar-refractivity contribution < 1.29 is 19.2 Å². The normalized spacial score (nSPS) is 17.6. The number of hydrogen-bond acceptors (Lipinski definition) is 4. The average Bonchev–Trinajstić information content (AvgIpc) is 2.94. The zero-order valence-corrected chi connectivity index (χ0v) is 11.2. The fourth-order valence-electron chi connectivity index (χ4n) is 2.11. The zero-order chi connectivity index (χ0) is 15.1. The Morgan fingerprint density at radius 2 is 1.19 bits per heavy atom. The van der Waals surface area contributed by atoms with Crippen molar-refractivity contribution in [1.82, 2.24) is 0 Å². The van der Waals surface area contributed by atoms with Gasteiger partial charge in [0.15, 0.2) is 0 Å². The smallest absolute Gasteiger partial charge is 0.258 e. The number of nitrogens with zero attached hydrogens (tertiary/aromatic N) is 2. The summed E-state index contributed by atoms with van der Waals surface area (Å²) in [7, 11) is 0. The third-order valence-electron chi connectivity index (χ3n) is 3.05. The lowest BCUT2D eigenvalue weighted by Gasteiger charge is -2.19. The van der Waals surface area contributed by atoms with Crippen molar-refractivity contribution in [1.29, 1.82) is 0 Å². The Hall–Kier alpha value is -2.73.